The van der Waals surface area contributed by atoms with E-state index in [1.165, 1.54) is 57.6 Å². The molecule has 2 aliphatic rings. The summed E-state index contributed by atoms with van der Waals surface area (Å²) in [4.78, 5) is 7.29. The zero-order valence-corrected chi connectivity index (χ0v) is 13.3. The first-order chi connectivity index (χ1) is 10.4. The van der Waals surface area contributed by atoms with Crippen LogP contribution in [0.5, 0.6) is 0 Å². The summed E-state index contributed by atoms with van der Waals surface area (Å²) in [6.45, 7) is 5.63. The van der Waals surface area contributed by atoms with Gasteiger partial charge in [-0.2, -0.15) is 0 Å². The van der Waals surface area contributed by atoms with Gasteiger partial charge < -0.3 is 14.2 Å². The molecule has 1 atom stereocenters. The van der Waals surface area contributed by atoms with Crippen molar-refractivity contribution in [2.45, 2.75) is 51.0 Å². The molecule has 1 saturated heterocycles. The zero-order chi connectivity index (χ0) is 14.5. The van der Waals surface area contributed by atoms with Gasteiger partial charge in [-0.3, -0.25) is 0 Å². The number of nitrogens with zero attached hydrogens (tertiary/aromatic N) is 3. The van der Waals surface area contributed by atoms with E-state index >= 15 is 0 Å². The Morgan fingerprint density at radius 1 is 1.29 bits per heavy atom. The molecule has 0 amide bonds. The number of imidazole rings is 1. The molecule has 1 aliphatic heterocycles. The molecular formula is C17H29N3O. The summed E-state index contributed by atoms with van der Waals surface area (Å²) in [7, 11) is 1.79. The predicted octanol–water partition coefficient (Wildman–Crippen LogP) is 2.90. The molecule has 1 saturated carbocycles. The van der Waals surface area contributed by atoms with Gasteiger partial charge in [0.25, 0.3) is 0 Å². The van der Waals surface area contributed by atoms with Crippen LogP contribution in [0, 0.1) is 5.92 Å². The molecule has 2 heterocycles. The molecule has 21 heavy (non-hydrogen) atoms. The first kappa shape index (κ1) is 15.0. The Morgan fingerprint density at radius 3 is 2.95 bits per heavy atom. The zero-order valence-electron chi connectivity index (χ0n) is 13.3. The molecule has 0 radical (unpaired) electrons. The second-order valence-electron chi connectivity index (χ2n) is 6.72. The molecule has 118 valence electrons. The van der Waals surface area contributed by atoms with Crippen molar-refractivity contribution in [2.24, 2.45) is 5.92 Å². The SMILES string of the molecule is COCCCN1CCC[C@@H](c2nccn2CC2CCC2)C1. The lowest BCUT2D eigenvalue weighted by Crippen LogP contribution is -2.36. The summed E-state index contributed by atoms with van der Waals surface area (Å²) in [6, 6.07) is 0. The molecule has 0 bridgehead atoms. The number of likely N-dealkylation sites (tertiary alicyclic amines) is 1. The van der Waals surface area contributed by atoms with E-state index in [4.69, 9.17) is 9.72 Å². The fourth-order valence-electron chi connectivity index (χ4n) is 3.69. The molecule has 4 nitrogen and oxygen atoms in total. The first-order valence-electron chi connectivity index (χ1n) is 8.59. The summed E-state index contributed by atoms with van der Waals surface area (Å²) in [5.74, 6) is 2.86. The lowest BCUT2D eigenvalue weighted by atomic mass is 9.85. The predicted molar refractivity (Wildman–Crippen MR) is 84.5 cm³/mol. The van der Waals surface area contributed by atoms with Gasteiger partial charge in [0.1, 0.15) is 5.82 Å². The molecule has 0 spiro atoms. The maximum absolute atomic E-state index is 5.17. The van der Waals surface area contributed by atoms with Crippen LogP contribution in [0.2, 0.25) is 0 Å². The van der Waals surface area contributed by atoms with Crippen molar-refractivity contribution >= 4 is 0 Å². The van der Waals surface area contributed by atoms with Gasteiger partial charge in [0.2, 0.25) is 0 Å². The topological polar surface area (TPSA) is 30.3 Å². The van der Waals surface area contributed by atoms with Gasteiger partial charge in [0, 0.05) is 51.7 Å². The van der Waals surface area contributed by atoms with Crippen LogP contribution in [0.25, 0.3) is 0 Å². The van der Waals surface area contributed by atoms with E-state index < -0.39 is 0 Å². The molecule has 1 aliphatic carbocycles. The maximum Gasteiger partial charge on any atom is 0.113 e. The number of methoxy groups -OCH3 is 1. The summed E-state index contributed by atoms with van der Waals surface area (Å²) >= 11 is 0. The Hall–Kier alpha value is -0.870. The van der Waals surface area contributed by atoms with Gasteiger partial charge in [0.15, 0.2) is 0 Å². The minimum atomic E-state index is 0.622. The molecule has 0 aromatic carbocycles. The first-order valence-corrected chi connectivity index (χ1v) is 8.59. The van der Waals surface area contributed by atoms with E-state index in [0.717, 1.165) is 25.5 Å². The maximum atomic E-state index is 5.17. The lowest BCUT2D eigenvalue weighted by Gasteiger charge is -2.33. The van der Waals surface area contributed by atoms with Crippen LogP contribution in [0.3, 0.4) is 0 Å². The smallest absolute Gasteiger partial charge is 0.113 e. The Balaban J connectivity index is 1.56. The average molecular weight is 291 g/mol. The largest absolute Gasteiger partial charge is 0.385 e. The van der Waals surface area contributed by atoms with Gasteiger partial charge in [-0.05, 0) is 44.6 Å². The fraction of sp³-hybridized carbons (Fsp3) is 0.824. The lowest BCUT2D eigenvalue weighted by molar-refractivity contribution is 0.153. The summed E-state index contributed by atoms with van der Waals surface area (Å²) in [5.41, 5.74) is 0. The Labute approximate surface area is 128 Å². The highest BCUT2D eigenvalue weighted by atomic mass is 16.5. The van der Waals surface area contributed by atoms with Crippen LogP contribution >= 0.6 is 0 Å². The second-order valence-corrected chi connectivity index (χ2v) is 6.72. The van der Waals surface area contributed by atoms with E-state index in [-0.39, 0.29) is 0 Å². The third kappa shape index (κ3) is 3.86. The van der Waals surface area contributed by atoms with Gasteiger partial charge >= 0.3 is 0 Å². The monoisotopic (exact) mass is 291 g/mol. The van der Waals surface area contributed by atoms with E-state index in [2.05, 4.69) is 15.7 Å². The third-order valence-electron chi connectivity index (χ3n) is 5.12. The number of ether oxygens (including phenoxy) is 1. The van der Waals surface area contributed by atoms with Crippen molar-refractivity contribution in [3.63, 3.8) is 0 Å². The van der Waals surface area contributed by atoms with Crippen LogP contribution in [0.15, 0.2) is 12.4 Å². The highest BCUT2D eigenvalue weighted by Gasteiger charge is 2.26. The van der Waals surface area contributed by atoms with Gasteiger partial charge in [0.05, 0.1) is 0 Å². The molecule has 3 rings (SSSR count). The van der Waals surface area contributed by atoms with Crippen LogP contribution < -0.4 is 0 Å². The number of hydrogen-bond donors (Lipinski definition) is 0. The third-order valence-corrected chi connectivity index (χ3v) is 5.12. The number of hydrogen-bond acceptors (Lipinski definition) is 3. The van der Waals surface area contributed by atoms with E-state index in [1.54, 1.807) is 7.11 Å². The molecule has 1 aromatic rings. The van der Waals surface area contributed by atoms with Crippen molar-refractivity contribution in [1.82, 2.24) is 14.5 Å². The van der Waals surface area contributed by atoms with Gasteiger partial charge in [-0.1, -0.05) is 6.42 Å². The van der Waals surface area contributed by atoms with Crippen molar-refractivity contribution < 1.29 is 4.74 Å². The van der Waals surface area contributed by atoms with Crippen molar-refractivity contribution in [2.75, 3.05) is 33.4 Å². The van der Waals surface area contributed by atoms with Crippen molar-refractivity contribution in [3.05, 3.63) is 18.2 Å². The molecule has 0 N–H and O–H groups in total. The Morgan fingerprint density at radius 2 is 2.19 bits per heavy atom. The van der Waals surface area contributed by atoms with Crippen LogP contribution in [-0.4, -0.2) is 47.8 Å². The van der Waals surface area contributed by atoms with Crippen molar-refractivity contribution in [1.29, 1.82) is 0 Å². The fourth-order valence-corrected chi connectivity index (χ4v) is 3.69. The molecule has 2 fully saturated rings. The normalized spacial score (nSPS) is 24.1. The van der Waals surface area contributed by atoms with E-state index in [0.29, 0.717) is 5.92 Å². The van der Waals surface area contributed by atoms with Gasteiger partial charge in [-0.25, -0.2) is 4.98 Å². The summed E-state index contributed by atoms with van der Waals surface area (Å²) in [5, 5.41) is 0. The van der Waals surface area contributed by atoms with E-state index in [9.17, 15) is 0 Å². The minimum absolute atomic E-state index is 0.622. The van der Waals surface area contributed by atoms with Crippen LogP contribution in [-0.2, 0) is 11.3 Å². The summed E-state index contributed by atoms with van der Waals surface area (Å²) < 4.78 is 7.61. The highest BCUT2D eigenvalue weighted by molar-refractivity contribution is 5.03. The molecule has 4 heteroatoms. The average Bonchev–Trinajstić information content (AvgIpc) is 2.92. The summed E-state index contributed by atoms with van der Waals surface area (Å²) in [6.07, 6.45) is 12.2. The quantitative estimate of drug-likeness (QED) is 0.724. The second kappa shape index (κ2) is 7.41. The Bertz CT molecular complexity index is 427. The highest BCUT2D eigenvalue weighted by Crippen LogP contribution is 2.31. The minimum Gasteiger partial charge on any atom is -0.385 e. The number of rotatable bonds is 7. The molecule has 0 unspecified atom stereocenters. The van der Waals surface area contributed by atoms with Crippen molar-refractivity contribution in [3.8, 4) is 0 Å². The van der Waals surface area contributed by atoms with Gasteiger partial charge in [-0.15, -0.1) is 0 Å². The van der Waals surface area contributed by atoms with Crippen LogP contribution in [0.1, 0.15) is 50.3 Å². The standard InChI is InChI=1S/C17H29N3O/c1-21-12-4-10-19-9-3-7-16(14-19)17-18-8-11-20(17)13-15-5-2-6-15/h8,11,15-16H,2-7,9-10,12-14H2,1H3/t16-/m1/s1. The number of piperidine rings is 1. The Kier molecular flexibility index (Phi) is 5.31. The number of aromatic nitrogens is 2. The molecule has 1 aromatic heterocycles. The van der Waals surface area contributed by atoms with E-state index in [1.807, 2.05) is 6.20 Å². The van der Waals surface area contributed by atoms with Crippen LogP contribution in [0.4, 0.5) is 0 Å². The molecular weight excluding hydrogens is 262 g/mol.